The van der Waals surface area contributed by atoms with Crippen LogP contribution in [0.5, 0.6) is 0 Å². The first-order chi connectivity index (χ1) is 16.1. The van der Waals surface area contributed by atoms with Crippen LogP contribution in [0.25, 0.3) is 0 Å². The predicted octanol–water partition coefficient (Wildman–Crippen LogP) is 4.74. The number of hydrogen-bond donors (Lipinski definition) is 0. The molecule has 0 saturated carbocycles. The van der Waals surface area contributed by atoms with E-state index in [1.807, 2.05) is 47.8 Å². The number of carbonyl (C=O) groups is 2. The van der Waals surface area contributed by atoms with Gasteiger partial charge in [-0.05, 0) is 48.1 Å². The lowest BCUT2D eigenvalue weighted by molar-refractivity contribution is -0.133. The smallest absolute Gasteiger partial charge is 0.254 e. The quantitative estimate of drug-likeness (QED) is 0.458. The van der Waals surface area contributed by atoms with Crippen molar-refractivity contribution in [3.05, 3.63) is 93.9 Å². The van der Waals surface area contributed by atoms with Crippen LogP contribution < -0.4 is 0 Å². The minimum absolute atomic E-state index is 0.0899. The lowest BCUT2D eigenvalue weighted by atomic mass is 10.1. The second kappa shape index (κ2) is 11.2. The molecule has 7 heteroatoms. The number of rotatable bonds is 9. The Morgan fingerprint density at radius 2 is 1.85 bits per heavy atom. The van der Waals surface area contributed by atoms with Crippen molar-refractivity contribution in [3.8, 4) is 0 Å². The van der Waals surface area contributed by atoms with E-state index in [9.17, 15) is 14.0 Å². The zero-order chi connectivity index (χ0) is 23.0. The van der Waals surface area contributed by atoms with Crippen molar-refractivity contribution in [1.29, 1.82) is 0 Å². The lowest BCUT2D eigenvalue weighted by Crippen LogP contribution is -2.45. The number of amides is 2. The molecule has 33 heavy (non-hydrogen) atoms. The first kappa shape index (κ1) is 23.1. The Bertz CT molecular complexity index is 1050. The van der Waals surface area contributed by atoms with Crippen molar-refractivity contribution < 1.29 is 18.7 Å². The Labute approximate surface area is 197 Å². The van der Waals surface area contributed by atoms with Gasteiger partial charge < -0.3 is 14.5 Å². The van der Waals surface area contributed by atoms with E-state index in [2.05, 4.69) is 0 Å². The highest BCUT2D eigenvalue weighted by Crippen LogP contribution is 2.18. The van der Waals surface area contributed by atoms with Crippen molar-refractivity contribution in [1.82, 2.24) is 9.80 Å². The third-order valence-electron chi connectivity index (χ3n) is 5.63. The third kappa shape index (κ3) is 6.49. The first-order valence-electron chi connectivity index (χ1n) is 11.1. The highest BCUT2D eigenvalue weighted by molar-refractivity contribution is 7.09. The van der Waals surface area contributed by atoms with E-state index < -0.39 is 5.82 Å². The topological polar surface area (TPSA) is 49.9 Å². The maximum absolute atomic E-state index is 13.8. The van der Waals surface area contributed by atoms with Crippen LogP contribution in [0.1, 0.15) is 33.6 Å². The second-order valence-electron chi connectivity index (χ2n) is 8.15. The molecular formula is C26H27FN2O3S. The highest BCUT2D eigenvalue weighted by Gasteiger charge is 2.27. The van der Waals surface area contributed by atoms with Gasteiger partial charge in [0.2, 0.25) is 5.91 Å². The molecule has 1 fully saturated rings. The molecule has 1 atom stereocenters. The largest absolute Gasteiger partial charge is 0.376 e. The molecule has 2 amide bonds. The molecule has 0 radical (unpaired) electrons. The number of halogens is 1. The number of ether oxygens (including phenoxy) is 1. The zero-order valence-electron chi connectivity index (χ0n) is 18.4. The molecule has 0 bridgehead atoms. The summed E-state index contributed by atoms with van der Waals surface area (Å²) in [6.45, 7) is 1.78. The van der Waals surface area contributed by atoms with E-state index in [4.69, 9.17) is 4.74 Å². The van der Waals surface area contributed by atoms with E-state index in [1.165, 1.54) is 23.1 Å². The summed E-state index contributed by atoms with van der Waals surface area (Å²) in [6, 6.07) is 19.3. The van der Waals surface area contributed by atoms with Crippen molar-refractivity contribution >= 4 is 23.2 Å². The van der Waals surface area contributed by atoms with Crippen LogP contribution >= 0.6 is 11.3 Å². The molecule has 0 aliphatic carbocycles. The van der Waals surface area contributed by atoms with E-state index in [0.717, 1.165) is 23.3 Å². The molecule has 5 nitrogen and oxygen atoms in total. The van der Waals surface area contributed by atoms with Gasteiger partial charge in [0.15, 0.2) is 0 Å². The zero-order valence-corrected chi connectivity index (χ0v) is 19.2. The molecule has 1 aromatic heterocycles. The molecule has 172 valence electrons. The fourth-order valence-electron chi connectivity index (χ4n) is 3.95. The van der Waals surface area contributed by atoms with Crippen molar-refractivity contribution in [2.45, 2.75) is 32.0 Å². The molecule has 1 aliphatic rings. The van der Waals surface area contributed by atoms with Gasteiger partial charge in [-0.25, -0.2) is 4.39 Å². The number of hydrogen-bond acceptors (Lipinski definition) is 4. The van der Waals surface area contributed by atoms with E-state index in [1.54, 1.807) is 22.3 Å². The van der Waals surface area contributed by atoms with E-state index in [-0.39, 0.29) is 30.0 Å². The molecule has 0 spiro atoms. The maximum atomic E-state index is 13.8. The Morgan fingerprint density at radius 1 is 1.00 bits per heavy atom. The maximum Gasteiger partial charge on any atom is 0.254 e. The van der Waals surface area contributed by atoms with Crippen LogP contribution in [0.2, 0.25) is 0 Å². The summed E-state index contributed by atoms with van der Waals surface area (Å²) < 4.78 is 19.5. The number of carbonyl (C=O) groups excluding carboxylic acids is 2. The fourth-order valence-corrected chi connectivity index (χ4v) is 4.67. The van der Waals surface area contributed by atoms with Crippen LogP contribution in [-0.4, -0.2) is 47.4 Å². The van der Waals surface area contributed by atoms with Crippen molar-refractivity contribution in [2.24, 2.45) is 0 Å². The summed E-state index contributed by atoms with van der Waals surface area (Å²) in [5.41, 5.74) is 1.25. The second-order valence-corrected chi connectivity index (χ2v) is 9.18. The standard InChI is InChI=1S/C26H27FN2O3S/c27-22-10-4-9-21(15-22)26(31)29(17-23-11-5-13-32-23)19-25(30)28(18-24-12-6-14-33-24)16-20-7-2-1-3-8-20/h1-4,6-10,12,14-15,23H,5,11,13,16-19H2. The average Bonchev–Trinajstić information content (AvgIpc) is 3.53. The Morgan fingerprint density at radius 3 is 2.55 bits per heavy atom. The normalized spacial score (nSPS) is 15.4. The summed E-state index contributed by atoms with van der Waals surface area (Å²) in [6.07, 6.45) is 1.65. The minimum atomic E-state index is -0.479. The Hall–Kier alpha value is -3.03. The van der Waals surface area contributed by atoms with Gasteiger partial charge in [-0.1, -0.05) is 42.5 Å². The number of nitrogens with zero attached hydrogens (tertiary/aromatic N) is 2. The van der Waals surface area contributed by atoms with Crippen LogP contribution in [0, 0.1) is 5.82 Å². The SMILES string of the molecule is O=C(CN(CC1CCCO1)C(=O)c1cccc(F)c1)N(Cc1ccccc1)Cc1cccs1. The minimum Gasteiger partial charge on any atom is -0.376 e. The van der Waals surface area contributed by atoms with Gasteiger partial charge in [-0.15, -0.1) is 11.3 Å². The van der Waals surface area contributed by atoms with Gasteiger partial charge in [-0.3, -0.25) is 9.59 Å². The van der Waals surface area contributed by atoms with Crippen LogP contribution in [0.15, 0.2) is 72.1 Å². The third-order valence-corrected chi connectivity index (χ3v) is 6.49. The molecular weight excluding hydrogens is 439 g/mol. The highest BCUT2D eigenvalue weighted by atomic mass is 32.1. The van der Waals surface area contributed by atoms with Crippen LogP contribution in [-0.2, 0) is 22.6 Å². The van der Waals surface area contributed by atoms with Gasteiger partial charge in [-0.2, -0.15) is 0 Å². The van der Waals surface area contributed by atoms with Gasteiger partial charge in [0.05, 0.1) is 12.6 Å². The number of thiophene rings is 1. The van der Waals surface area contributed by atoms with E-state index >= 15 is 0 Å². The fraction of sp³-hybridized carbons (Fsp3) is 0.308. The van der Waals surface area contributed by atoms with Gasteiger partial charge in [0.1, 0.15) is 12.4 Å². The van der Waals surface area contributed by atoms with Crippen molar-refractivity contribution in [3.63, 3.8) is 0 Å². The molecule has 2 heterocycles. The first-order valence-corrected chi connectivity index (χ1v) is 12.0. The summed E-state index contributed by atoms with van der Waals surface area (Å²) in [4.78, 5) is 31.1. The molecule has 1 saturated heterocycles. The predicted molar refractivity (Wildman–Crippen MR) is 126 cm³/mol. The Balaban J connectivity index is 1.54. The Kier molecular flexibility index (Phi) is 7.86. The molecule has 3 aromatic rings. The molecule has 4 rings (SSSR count). The van der Waals surface area contributed by atoms with Gasteiger partial charge in [0.25, 0.3) is 5.91 Å². The van der Waals surface area contributed by atoms with Crippen molar-refractivity contribution in [2.75, 3.05) is 19.7 Å². The van der Waals surface area contributed by atoms with Crippen LogP contribution in [0.4, 0.5) is 4.39 Å². The molecule has 2 aromatic carbocycles. The monoisotopic (exact) mass is 466 g/mol. The van der Waals surface area contributed by atoms with Gasteiger partial charge >= 0.3 is 0 Å². The summed E-state index contributed by atoms with van der Waals surface area (Å²) >= 11 is 1.59. The molecule has 1 aliphatic heterocycles. The molecule has 0 N–H and O–H groups in total. The van der Waals surface area contributed by atoms with Crippen LogP contribution in [0.3, 0.4) is 0 Å². The van der Waals surface area contributed by atoms with E-state index in [0.29, 0.717) is 26.2 Å². The lowest BCUT2D eigenvalue weighted by Gasteiger charge is -2.29. The average molecular weight is 467 g/mol. The summed E-state index contributed by atoms with van der Waals surface area (Å²) in [7, 11) is 0. The summed E-state index contributed by atoms with van der Waals surface area (Å²) in [5.74, 6) is -1.00. The molecule has 1 unspecified atom stereocenters. The summed E-state index contributed by atoms with van der Waals surface area (Å²) in [5, 5.41) is 1.98. The van der Waals surface area contributed by atoms with Gasteiger partial charge in [0, 0.05) is 30.1 Å². The number of benzene rings is 2.